The topological polar surface area (TPSA) is 172 Å². The molecule has 12 nitrogen and oxygen atoms in total. The van der Waals surface area contributed by atoms with Gasteiger partial charge in [0, 0.05) is 6.42 Å². The van der Waals surface area contributed by atoms with Crippen molar-refractivity contribution in [3.05, 3.63) is 83.9 Å². The largest absolute Gasteiger partial charge is 0.480 e. The van der Waals surface area contributed by atoms with Gasteiger partial charge in [-0.3, -0.25) is 14.9 Å². The van der Waals surface area contributed by atoms with Gasteiger partial charge in [-0.05, 0) is 35.4 Å². The van der Waals surface area contributed by atoms with Crippen molar-refractivity contribution in [1.29, 1.82) is 0 Å². The Morgan fingerprint density at radius 2 is 1.80 bits per heavy atom. The number of rotatable bonds is 9. The average molecular weight is 544 g/mol. The molecule has 1 aromatic heterocycles. The van der Waals surface area contributed by atoms with Gasteiger partial charge in [-0.1, -0.05) is 48.5 Å². The van der Waals surface area contributed by atoms with Crippen LogP contribution in [0.25, 0.3) is 11.0 Å². The number of hydrogen-bond donors (Lipinski definition) is 5. The lowest BCUT2D eigenvalue weighted by Gasteiger charge is -2.26. The summed E-state index contributed by atoms with van der Waals surface area (Å²) in [4.78, 5) is 56.4. The Bertz CT molecular complexity index is 1540. The first-order valence-electron chi connectivity index (χ1n) is 12.4. The zero-order valence-electron chi connectivity index (χ0n) is 21.0. The zero-order chi connectivity index (χ0) is 28.1. The number of carbonyl (C=O) groups is 4. The highest BCUT2D eigenvalue weighted by atomic mass is 16.5. The molecule has 3 amide bonds. The van der Waals surface area contributed by atoms with Gasteiger partial charge in [0.15, 0.2) is 6.10 Å². The lowest BCUT2D eigenvalue weighted by atomic mass is 10.0. The summed E-state index contributed by atoms with van der Waals surface area (Å²) in [6, 6.07) is 19.8. The molecule has 0 radical (unpaired) electrons. The van der Waals surface area contributed by atoms with E-state index in [0.29, 0.717) is 22.5 Å². The molecule has 0 saturated heterocycles. The molecule has 12 heteroatoms. The summed E-state index contributed by atoms with van der Waals surface area (Å²) in [5.74, 6) is -1.65. The number of hydrogen-bond acceptors (Lipinski definition) is 7. The molecule has 1 aliphatic heterocycles. The van der Waals surface area contributed by atoms with Crippen molar-refractivity contribution in [3.63, 3.8) is 0 Å². The standard InChI is InChI=1S/C28H25N5O7/c34-24(33-27-30-18-8-4-5-9-19(18)31-27)14-23-25(35)29-20-12-17(10-11-22(20)40-23)13-21(26(36)37)32-28(38)39-15-16-6-2-1-3-7-16/h1-12,21,23H,13-15H2,(H,29,35)(H,32,38)(H,36,37)(H2,30,31,33,34)/t21-,23?/m0/s1. The Balaban J connectivity index is 1.17. The number of imidazole rings is 1. The third-order valence-electron chi connectivity index (χ3n) is 6.12. The van der Waals surface area contributed by atoms with Crippen molar-refractivity contribution >= 4 is 46.5 Å². The Morgan fingerprint density at radius 1 is 1.02 bits per heavy atom. The van der Waals surface area contributed by atoms with Crippen LogP contribution in [-0.4, -0.2) is 51.1 Å². The predicted molar refractivity (Wildman–Crippen MR) is 144 cm³/mol. The van der Waals surface area contributed by atoms with Crippen molar-refractivity contribution in [3.8, 4) is 5.75 Å². The van der Waals surface area contributed by atoms with Crippen LogP contribution in [0.4, 0.5) is 16.4 Å². The van der Waals surface area contributed by atoms with Gasteiger partial charge in [0.05, 0.1) is 23.1 Å². The maximum Gasteiger partial charge on any atom is 0.408 e. The molecule has 40 heavy (non-hydrogen) atoms. The fourth-order valence-electron chi connectivity index (χ4n) is 4.17. The summed E-state index contributed by atoms with van der Waals surface area (Å²) in [6.45, 7) is -0.00130. The first-order valence-corrected chi connectivity index (χ1v) is 12.4. The summed E-state index contributed by atoms with van der Waals surface area (Å²) in [5.41, 5.74) is 3.07. The van der Waals surface area contributed by atoms with E-state index in [9.17, 15) is 24.3 Å². The van der Waals surface area contributed by atoms with Gasteiger partial charge < -0.3 is 30.2 Å². The van der Waals surface area contributed by atoms with Crippen molar-refractivity contribution in [2.75, 3.05) is 10.6 Å². The van der Waals surface area contributed by atoms with Gasteiger partial charge in [-0.25, -0.2) is 14.6 Å². The number of aliphatic carboxylic acids is 1. The number of para-hydroxylation sites is 2. The summed E-state index contributed by atoms with van der Waals surface area (Å²) >= 11 is 0. The number of nitrogens with one attached hydrogen (secondary N) is 4. The normalized spacial score (nSPS) is 14.8. The fourth-order valence-corrected chi connectivity index (χ4v) is 4.17. The molecule has 204 valence electrons. The highest BCUT2D eigenvalue weighted by Gasteiger charge is 2.31. The van der Waals surface area contributed by atoms with Gasteiger partial charge in [0.2, 0.25) is 11.9 Å². The number of carbonyl (C=O) groups excluding carboxylic acids is 3. The summed E-state index contributed by atoms with van der Waals surface area (Å²) in [7, 11) is 0. The van der Waals surface area contributed by atoms with Crippen molar-refractivity contribution < 1.29 is 33.8 Å². The van der Waals surface area contributed by atoms with E-state index in [0.717, 1.165) is 11.1 Å². The Kier molecular flexibility index (Phi) is 7.58. The number of aromatic amines is 1. The zero-order valence-corrected chi connectivity index (χ0v) is 21.0. The minimum absolute atomic E-state index is 0.00130. The van der Waals surface area contributed by atoms with Crippen molar-refractivity contribution in [2.24, 2.45) is 0 Å². The molecule has 5 N–H and O–H groups in total. The molecule has 0 aliphatic carbocycles. The summed E-state index contributed by atoms with van der Waals surface area (Å²) < 4.78 is 10.9. The maximum atomic E-state index is 12.7. The van der Waals surface area contributed by atoms with E-state index >= 15 is 0 Å². The number of ether oxygens (including phenoxy) is 2. The van der Waals surface area contributed by atoms with E-state index in [1.165, 1.54) is 0 Å². The fraction of sp³-hybridized carbons (Fsp3) is 0.179. The molecule has 0 fully saturated rings. The van der Waals surface area contributed by atoms with Gasteiger partial charge in [0.1, 0.15) is 18.4 Å². The Hall–Kier alpha value is -5.39. The number of nitrogens with zero attached hydrogens (tertiary/aromatic N) is 1. The molecule has 1 unspecified atom stereocenters. The monoisotopic (exact) mass is 543 g/mol. The van der Waals surface area contributed by atoms with Gasteiger partial charge in [0.25, 0.3) is 5.91 Å². The Morgan fingerprint density at radius 3 is 2.58 bits per heavy atom. The summed E-state index contributed by atoms with van der Waals surface area (Å²) in [6.07, 6.45) is -2.26. The minimum atomic E-state index is -1.27. The van der Waals surface area contributed by atoms with E-state index < -0.39 is 36.0 Å². The molecule has 4 aromatic rings. The molecule has 1 aliphatic rings. The SMILES string of the molecule is O=C(CC1Oc2ccc(C[C@H](NC(=O)OCc3ccccc3)C(=O)O)cc2NC1=O)Nc1nc2ccccc2[nH]1. The van der Waals surface area contributed by atoms with Crippen LogP contribution in [0.3, 0.4) is 0 Å². The molecular formula is C28H25N5O7. The number of benzene rings is 3. The Labute approximate surface area is 227 Å². The van der Waals surface area contributed by atoms with E-state index in [4.69, 9.17) is 9.47 Å². The number of fused-ring (bicyclic) bond motifs is 2. The van der Waals surface area contributed by atoms with Crippen LogP contribution in [0, 0.1) is 0 Å². The number of anilines is 2. The number of amides is 3. The highest BCUT2D eigenvalue weighted by Crippen LogP contribution is 2.32. The van der Waals surface area contributed by atoms with Crippen LogP contribution in [0.1, 0.15) is 17.5 Å². The smallest absolute Gasteiger partial charge is 0.408 e. The second-order valence-electron chi connectivity index (χ2n) is 9.08. The van der Waals surface area contributed by atoms with Crippen molar-refractivity contribution in [1.82, 2.24) is 15.3 Å². The van der Waals surface area contributed by atoms with Crippen molar-refractivity contribution in [2.45, 2.75) is 31.6 Å². The molecular weight excluding hydrogens is 518 g/mol. The number of aromatic nitrogens is 2. The summed E-state index contributed by atoms with van der Waals surface area (Å²) in [5, 5.41) is 17.3. The molecule has 0 saturated carbocycles. The maximum absolute atomic E-state index is 12.7. The molecule has 2 atom stereocenters. The third-order valence-corrected chi connectivity index (χ3v) is 6.12. The first kappa shape index (κ1) is 26.2. The third kappa shape index (κ3) is 6.35. The second-order valence-corrected chi connectivity index (χ2v) is 9.08. The van der Waals surface area contributed by atoms with E-state index in [-0.39, 0.29) is 25.4 Å². The van der Waals surface area contributed by atoms with Gasteiger partial charge in [-0.15, -0.1) is 0 Å². The molecule has 5 rings (SSSR count). The molecule has 3 aromatic carbocycles. The molecule has 0 spiro atoms. The van der Waals surface area contributed by atoms with Crippen LogP contribution in [-0.2, 0) is 32.1 Å². The second kappa shape index (κ2) is 11.6. The lowest BCUT2D eigenvalue weighted by molar-refractivity contribution is -0.139. The first-order chi connectivity index (χ1) is 19.3. The van der Waals surface area contributed by atoms with E-state index in [1.54, 1.807) is 48.5 Å². The van der Waals surface area contributed by atoms with E-state index in [2.05, 4.69) is 25.9 Å². The van der Waals surface area contributed by atoms with Crippen LogP contribution in [0.5, 0.6) is 5.75 Å². The van der Waals surface area contributed by atoms with Crippen LogP contribution >= 0.6 is 0 Å². The predicted octanol–water partition coefficient (Wildman–Crippen LogP) is 3.21. The quantitative estimate of drug-likeness (QED) is 0.214. The number of alkyl carbamates (subject to hydrolysis) is 1. The molecule has 0 bridgehead atoms. The van der Waals surface area contributed by atoms with Gasteiger partial charge in [-0.2, -0.15) is 0 Å². The van der Waals surface area contributed by atoms with E-state index in [1.807, 2.05) is 24.3 Å². The van der Waals surface area contributed by atoms with Crippen LogP contribution in [0.2, 0.25) is 0 Å². The van der Waals surface area contributed by atoms with Crippen LogP contribution in [0.15, 0.2) is 72.8 Å². The lowest BCUT2D eigenvalue weighted by Crippen LogP contribution is -2.42. The number of carboxylic acids is 1. The highest BCUT2D eigenvalue weighted by molar-refractivity contribution is 6.02. The molecule has 2 heterocycles. The average Bonchev–Trinajstić information content (AvgIpc) is 3.34. The number of carboxylic acid groups (broad SMARTS) is 1. The van der Waals surface area contributed by atoms with Gasteiger partial charge >= 0.3 is 12.1 Å². The minimum Gasteiger partial charge on any atom is -0.480 e. The van der Waals surface area contributed by atoms with Crippen LogP contribution < -0.4 is 20.7 Å². The number of H-pyrrole nitrogens is 1.